The fourth-order valence-electron chi connectivity index (χ4n) is 2.76. The predicted molar refractivity (Wildman–Crippen MR) is 72.9 cm³/mol. The molecule has 2 heterocycles. The van der Waals surface area contributed by atoms with Gasteiger partial charge in [0.15, 0.2) is 0 Å². The second-order valence-corrected chi connectivity index (χ2v) is 5.22. The van der Waals surface area contributed by atoms with E-state index in [-0.39, 0.29) is 17.9 Å². The van der Waals surface area contributed by atoms with Gasteiger partial charge in [-0.1, -0.05) is 12.1 Å². The zero-order valence-electron chi connectivity index (χ0n) is 12.4. The Morgan fingerprint density at radius 2 is 2.15 bits per heavy atom. The van der Waals surface area contributed by atoms with Crippen molar-refractivity contribution in [2.24, 2.45) is 0 Å². The van der Waals surface area contributed by atoms with Crippen molar-refractivity contribution < 1.29 is 14.1 Å². The van der Waals surface area contributed by atoms with Gasteiger partial charge in [0, 0.05) is 18.5 Å². The molecule has 2 rings (SSSR count). The van der Waals surface area contributed by atoms with Crippen LogP contribution in [0, 0.1) is 13.8 Å². The number of rotatable bonds is 3. The highest BCUT2D eigenvalue weighted by atomic mass is 16.5. The summed E-state index contributed by atoms with van der Waals surface area (Å²) < 4.78 is 5.18. The molecule has 0 aromatic carbocycles. The van der Waals surface area contributed by atoms with Crippen molar-refractivity contribution in [3.05, 3.63) is 17.0 Å². The Balaban J connectivity index is 2.30. The van der Waals surface area contributed by atoms with Gasteiger partial charge < -0.3 is 14.7 Å². The van der Waals surface area contributed by atoms with Crippen LogP contribution in [0.1, 0.15) is 49.7 Å². The molecule has 6 nitrogen and oxygen atoms in total. The maximum Gasteiger partial charge on any atom is 0.245 e. The van der Waals surface area contributed by atoms with Crippen LogP contribution in [0.5, 0.6) is 0 Å². The summed E-state index contributed by atoms with van der Waals surface area (Å²) in [4.78, 5) is 26.0. The molecule has 0 saturated carbocycles. The summed E-state index contributed by atoms with van der Waals surface area (Å²) in [5.74, 6) is 0.615. The standard InChI is InChI=1S/C14H21N3O3/c1-5-11-14(19)17(7-6-12(18)15-11)9(3)13-8(2)16-20-10(13)4/h9,11H,5-7H2,1-4H3,(H,15,18). The van der Waals surface area contributed by atoms with Crippen LogP contribution in [0.25, 0.3) is 0 Å². The summed E-state index contributed by atoms with van der Waals surface area (Å²) in [5, 5.41) is 6.71. The first-order chi connectivity index (χ1) is 9.45. The Morgan fingerprint density at radius 3 is 2.70 bits per heavy atom. The van der Waals surface area contributed by atoms with Crippen LogP contribution in [-0.4, -0.2) is 34.5 Å². The van der Waals surface area contributed by atoms with Crippen molar-refractivity contribution in [2.45, 2.75) is 52.6 Å². The molecule has 0 bridgehead atoms. The van der Waals surface area contributed by atoms with E-state index in [1.165, 1.54) is 0 Å². The van der Waals surface area contributed by atoms with Crippen LogP contribution in [-0.2, 0) is 9.59 Å². The van der Waals surface area contributed by atoms with Gasteiger partial charge in [-0.05, 0) is 27.2 Å². The number of nitrogens with one attached hydrogen (secondary N) is 1. The van der Waals surface area contributed by atoms with E-state index in [4.69, 9.17) is 4.52 Å². The fraction of sp³-hybridized carbons (Fsp3) is 0.643. The van der Waals surface area contributed by atoms with E-state index in [1.807, 2.05) is 27.7 Å². The molecule has 0 aliphatic carbocycles. The molecule has 110 valence electrons. The van der Waals surface area contributed by atoms with Crippen molar-refractivity contribution in [1.82, 2.24) is 15.4 Å². The maximum atomic E-state index is 12.5. The molecular weight excluding hydrogens is 258 g/mol. The molecule has 1 aromatic heterocycles. The fourth-order valence-corrected chi connectivity index (χ4v) is 2.76. The molecule has 1 aliphatic heterocycles. The molecule has 1 aromatic rings. The lowest BCUT2D eigenvalue weighted by molar-refractivity contribution is -0.135. The Morgan fingerprint density at radius 1 is 1.45 bits per heavy atom. The van der Waals surface area contributed by atoms with Crippen LogP contribution in [0.15, 0.2) is 4.52 Å². The van der Waals surface area contributed by atoms with Gasteiger partial charge in [0.1, 0.15) is 11.8 Å². The van der Waals surface area contributed by atoms with Crippen molar-refractivity contribution in [3.8, 4) is 0 Å². The topological polar surface area (TPSA) is 75.4 Å². The molecule has 1 aliphatic rings. The highest BCUT2D eigenvalue weighted by Crippen LogP contribution is 2.28. The molecule has 1 fully saturated rings. The summed E-state index contributed by atoms with van der Waals surface area (Å²) in [7, 11) is 0. The number of hydrogen-bond donors (Lipinski definition) is 1. The summed E-state index contributed by atoms with van der Waals surface area (Å²) in [6, 6.07) is -0.580. The maximum absolute atomic E-state index is 12.5. The van der Waals surface area contributed by atoms with Gasteiger partial charge in [-0.2, -0.15) is 0 Å². The summed E-state index contributed by atoms with van der Waals surface area (Å²) in [6.07, 6.45) is 0.922. The molecule has 1 saturated heterocycles. The van der Waals surface area contributed by atoms with Gasteiger partial charge in [0.25, 0.3) is 0 Å². The number of aryl methyl sites for hydroxylation is 2. The van der Waals surface area contributed by atoms with Gasteiger partial charge in [0.05, 0.1) is 11.7 Å². The third-order valence-electron chi connectivity index (χ3n) is 3.88. The zero-order valence-corrected chi connectivity index (χ0v) is 12.4. The smallest absolute Gasteiger partial charge is 0.245 e. The lowest BCUT2D eigenvalue weighted by atomic mass is 10.0. The summed E-state index contributed by atoms with van der Waals surface area (Å²) in [5.41, 5.74) is 1.72. The molecule has 2 unspecified atom stereocenters. The van der Waals surface area contributed by atoms with Gasteiger partial charge >= 0.3 is 0 Å². The minimum absolute atomic E-state index is 0.0362. The number of amides is 2. The van der Waals surface area contributed by atoms with E-state index in [9.17, 15) is 9.59 Å². The third kappa shape index (κ3) is 2.55. The monoisotopic (exact) mass is 279 g/mol. The van der Waals surface area contributed by atoms with Crippen LogP contribution < -0.4 is 5.32 Å². The normalized spacial score (nSPS) is 21.6. The van der Waals surface area contributed by atoms with Gasteiger partial charge in [0.2, 0.25) is 11.8 Å². The van der Waals surface area contributed by atoms with E-state index in [0.717, 1.165) is 17.0 Å². The number of hydrogen-bond acceptors (Lipinski definition) is 4. The summed E-state index contributed by atoms with van der Waals surface area (Å²) >= 11 is 0. The highest BCUT2D eigenvalue weighted by Gasteiger charge is 2.33. The van der Waals surface area contributed by atoms with Crippen molar-refractivity contribution >= 4 is 11.8 Å². The second kappa shape index (κ2) is 5.64. The van der Waals surface area contributed by atoms with Gasteiger partial charge in [-0.25, -0.2) is 0 Å². The molecule has 6 heteroatoms. The van der Waals surface area contributed by atoms with E-state index in [0.29, 0.717) is 19.4 Å². The largest absolute Gasteiger partial charge is 0.361 e. The average molecular weight is 279 g/mol. The van der Waals surface area contributed by atoms with Crippen molar-refractivity contribution in [2.75, 3.05) is 6.54 Å². The second-order valence-electron chi connectivity index (χ2n) is 5.22. The molecule has 0 spiro atoms. The van der Waals surface area contributed by atoms with E-state index < -0.39 is 6.04 Å². The SMILES string of the molecule is CCC1NC(=O)CCN(C(C)c2c(C)noc2C)C1=O. The van der Waals surface area contributed by atoms with Crippen LogP contribution >= 0.6 is 0 Å². The first kappa shape index (κ1) is 14.6. The first-order valence-corrected chi connectivity index (χ1v) is 6.98. The molecule has 0 radical (unpaired) electrons. The summed E-state index contributed by atoms with van der Waals surface area (Å²) in [6.45, 7) is 7.98. The molecular formula is C14H21N3O3. The lowest BCUT2D eigenvalue weighted by Crippen LogP contribution is -2.45. The van der Waals surface area contributed by atoms with Crippen molar-refractivity contribution in [1.29, 1.82) is 0 Å². The Labute approximate surface area is 118 Å². The molecule has 2 atom stereocenters. The van der Waals surface area contributed by atoms with Gasteiger partial charge in [-0.3, -0.25) is 9.59 Å². The first-order valence-electron chi connectivity index (χ1n) is 6.98. The van der Waals surface area contributed by atoms with Crippen LogP contribution in [0.3, 0.4) is 0 Å². The van der Waals surface area contributed by atoms with Crippen LogP contribution in [0.2, 0.25) is 0 Å². The Bertz CT molecular complexity index is 504. The van der Waals surface area contributed by atoms with Crippen molar-refractivity contribution in [3.63, 3.8) is 0 Å². The van der Waals surface area contributed by atoms with E-state index in [2.05, 4.69) is 10.5 Å². The minimum atomic E-state index is -0.437. The average Bonchev–Trinajstić information content (AvgIpc) is 2.66. The third-order valence-corrected chi connectivity index (χ3v) is 3.88. The zero-order chi connectivity index (χ0) is 14.9. The molecule has 20 heavy (non-hydrogen) atoms. The highest BCUT2D eigenvalue weighted by molar-refractivity contribution is 5.90. The van der Waals surface area contributed by atoms with Gasteiger partial charge in [-0.15, -0.1) is 0 Å². The minimum Gasteiger partial charge on any atom is -0.361 e. The lowest BCUT2D eigenvalue weighted by Gasteiger charge is -2.29. The number of carbonyl (C=O) groups excluding carboxylic acids is 2. The Kier molecular flexibility index (Phi) is 4.11. The van der Waals surface area contributed by atoms with Crippen LogP contribution in [0.4, 0.5) is 0 Å². The quantitative estimate of drug-likeness (QED) is 0.909. The number of aromatic nitrogens is 1. The molecule has 1 N–H and O–H groups in total. The van der Waals surface area contributed by atoms with E-state index in [1.54, 1.807) is 4.90 Å². The Hall–Kier alpha value is -1.85. The number of carbonyl (C=O) groups is 2. The van der Waals surface area contributed by atoms with E-state index >= 15 is 0 Å². The molecule has 2 amide bonds. The predicted octanol–water partition coefficient (Wildman–Crippen LogP) is 1.48. The number of nitrogens with zero attached hydrogens (tertiary/aromatic N) is 2.